The Balaban J connectivity index is 2.14. The van der Waals surface area contributed by atoms with E-state index in [0.29, 0.717) is 0 Å². The van der Waals surface area contributed by atoms with Gasteiger partial charge in [-0.25, -0.2) is 0 Å². The Morgan fingerprint density at radius 3 is 2.80 bits per heavy atom. The number of nitrogens with zero attached hydrogens (tertiary/aromatic N) is 4. The molecule has 2 heterocycles. The topological polar surface area (TPSA) is 43.6 Å². The smallest absolute Gasteiger partial charge is 0.137 e. The fourth-order valence-corrected chi connectivity index (χ4v) is 1.53. The Morgan fingerprint density at radius 1 is 1.27 bits per heavy atom. The number of pyridine rings is 1. The summed E-state index contributed by atoms with van der Waals surface area (Å²) in [6.45, 7) is 3.13. The molecule has 0 saturated carbocycles. The van der Waals surface area contributed by atoms with Gasteiger partial charge in [0.05, 0.1) is 0 Å². The van der Waals surface area contributed by atoms with Crippen LogP contribution in [0.2, 0.25) is 0 Å². The SMILES string of the molecule is CCCn1cnnc1Cc1ccncc1. The monoisotopic (exact) mass is 202 g/mol. The maximum Gasteiger partial charge on any atom is 0.137 e. The molecule has 78 valence electrons. The third-order valence-electron chi connectivity index (χ3n) is 2.27. The first-order valence-corrected chi connectivity index (χ1v) is 5.15. The summed E-state index contributed by atoms with van der Waals surface area (Å²) in [4.78, 5) is 3.99. The van der Waals surface area contributed by atoms with Gasteiger partial charge in [-0.2, -0.15) is 0 Å². The highest BCUT2D eigenvalue weighted by molar-refractivity contribution is 5.15. The molecule has 0 aliphatic carbocycles. The van der Waals surface area contributed by atoms with Crippen LogP contribution in [0.25, 0.3) is 0 Å². The quantitative estimate of drug-likeness (QED) is 0.757. The average Bonchev–Trinajstić information content (AvgIpc) is 2.68. The summed E-state index contributed by atoms with van der Waals surface area (Å²) in [6.07, 6.45) is 7.32. The molecule has 15 heavy (non-hydrogen) atoms. The number of aromatic nitrogens is 4. The number of hydrogen-bond acceptors (Lipinski definition) is 3. The molecule has 0 aromatic carbocycles. The van der Waals surface area contributed by atoms with Gasteiger partial charge in [-0.3, -0.25) is 4.98 Å². The zero-order valence-electron chi connectivity index (χ0n) is 8.80. The summed E-state index contributed by atoms with van der Waals surface area (Å²) in [5.41, 5.74) is 1.22. The van der Waals surface area contributed by atoms with Crippen LogP contribution in [0, 0.1) is 0 Å². The van der Waals surface area contributed by atoms with Crippen molar-refractivity contribution in [3.63, 3.8) is 0 Å². The van der Waals surface area contributed by atoms with Crippen LogP contribution in [-0.4, -0.2) is 19.7 Å². The fourth-order valence-electron chi connectivity index (χ4n) is 1.53. The van der Waals surface area contributed by atoms with E-state index in [9.17, 15) is 0 Å². The van der Waals surface area contributed by atoms with Crippen molar-refractivity contribution in [1.82, 2.24) is 19.7 Å². The molecular formula is C11H14N4. The second-order valence-electron chi connectivity index (χ2n) is 3.47. The first-order valence-electron chi connectivity index (χ1n) is 5.15. The van der Waals surface area contributed by atoms with Crippen molar-refractivity contribution in [2.24, 2.45) is 0 Å². The Labute approximate surface area is 89.0 Å². The zero-order chi connectivity index (χ0) is 10.5. The van der Waals surface area contributed by atoms with Gasteiger partial charge in [-0.05, 0) is 24.1 Å². The van der Waals surface area contributed by atoms with Crippen LogP contribution in [0.15, 0.2) is 30.9 Å². The first-order chi connectivity index (χ1) is 7.40. The van der Waals surface area contributed by atoms with Crippen molar-refractivity contribution in [2.75, 3.05) is 0 Å². The van der Waals surface area contributed by atoms with Gasteiger partial charge in [0.15, 0.2) is 0 Å². The van der Waals surface area contributed by atoms with Crippen LogP contribution in [0.4, 0.5) is 0 Å². The van der Waals surface area contributed by atoms with Gasteiger partial charge in [0.25, 0.3) is 0 Å². The van der Waals surface area contributed by atoms with E-state index in [4.69, 9.17) is 0 Å². The van der Waals surface area contributed by atoms with Crippen LogP contribution in [-0.2, 0) is 13.0 Å². The van der Waals surface area contributed by atoms with Crippen molar-refractivity contribution in [1.29, 1.82) is 0 Å². The molecular weight excluding hydrogens is 188 g/mol. The standard InChI is InChI=1S/C11H14N4/c1-2-7-15-9-13-14-11(15)8-10-3-5-12-6-4-10/h3-6,9H,2,7-8H2,1H3. The van der Waals surface area contributed by atoms with Gasteiger partial charge >= 0.3 is 0 Å². The Kier molecular flexibility index (Phi) is 3.07. The van der Waals surface area contributed by atoms with Crippen LogP contribution in [0.3, 0.4) is 0 Å². The molecule has 0 aliphatic heterocycles. The van der Waals surface area contributed by atoms with E-state index in [1.165, 1.54) is 5.56 Å². The summed E-state index contributed by atoms with van der Waals surface area (Å²) in [5.74, 6) is 1.02. The molecule has 2 rings (SSSR count). The molecule has 0 amide bonds. The molecule has 0 fully saturated rings. The van der Waals surface area contributed by atoms with Gasteiger partial charge in [0.1, 0.15) is 12.2 Å². The highest BCUT2D eigenvalue weighted by Gasteiger charge is 2.03. The van der Waals surface area contributed by atoms with Crippen molar-refractivity contribution < 1.29 is 0 Å². The molecule has 4 nitrogen and oxygen atoms in total. The summed E-state index contributed by atoms with van der Waals surface area (Å²) in [5, 5.41) is 8.06. The third-order valence-corrected chi connectivity index (χ3v) is 2.27. The van der Waals surface area contributed by atoms with Crippen molar-refractivity contribution in [3.05, 3.63) is 42.2 Å². The second-order valence-corrected chi connectivity index (χ2v) is 3.47. The predicted molar refractivity (Wildman–Crippen MR) is 57.4 cm³/mol. The van der Waals surface area contributed by atoms with E-state index < -0.39 is 0 Å². The molecule has 2 aromatic heterocycles. The Hall–Kier alpha value is -1.71. The Morgan fingerprint density at radius 2 is 2.07 bits per heavy atom. The lowest BCUT2D eigenvalue weighted by Gasteiger charge is -2.04. The van der Waals surface area contributed by atoms with Crippen molar-refractivity contribution in [3.8, 4) is 0 Å². The maximum atomic E-state index is 4.12. The molecule has 0 saturated heterocycles. The lowest BCUT2D eigenvalue weighted by atomic mass is 10.2. The highest BCUT2D eigenvalue weighted by atomic mass is 15.3. The predicted octanol–water partition coefficient (Wildman–Crippen LogP) is 1.67. The minimum absolute atomic E-state index is 0.822. The second kappa shape index (κ2) is 4.68. The molecule has 2 aromatic rings. The molecule has 0 atom stereocenters. The van der Waals surface area contributed by atoms with E-state index in [2.05, 4.69) is 26.7 Å². The fraction of sp³-hybridized carbons (Fsp3) is 0.364. The lowest BCUT2D eigenvalue weighted by Crippen LogP contribution is -2.03. The van der Waals surface area contributed by atoms with Gasteiger partial charge < -0.3 is 4.57 Å². The van der Waals surface area contributed by atoms with Crippen LogP contribution in [0.1, 0.15) is 24.7 Å². The van der Waals surface area contributed by atoms with E-state index >= 15 is 0 Å². The molecule has 0 aliphatic rings. The Bertz CT molecular complexity index is 408. The molecule has 0 bridgehead atoms. The molecule has 0 N–H and O–H groups in total. The maximum absolute atomic E-state index is 4.12. The van der Waals surface area contributed by atoms with Crippen LogP contribution < -0.4 is 0 Å². The summed E-state index contributed by atoms with van der Waals surface area (Å²) in [6, 6.07) is 4.01. The van der Waals surface area contributed by atoms with E-state index in [-0.39, 0.29) is 0 Å². The minimum Gasteiger partial charge on any atom is -0.317 e. The lowest BCUT2D eigenvalue weighted by molar-refractivity contribution is 0.646. The van der Waals surface area contributed by atoms with Gasteiger partial charge in [0.2, 0.25) is 0 Å². The number of hydrogen-bond donors (Lipinski definition) is 0. The summed E-state index contributed by atoms with van der Waals surface area (Å²) >= 11 is 0. The van der Waals surface area contributed by atoms with E-state index in [0.717, 1.165) is 25.2 Å². The third kappa shape index (κ3) is 2.40. The van der Waals surface area contributed by atoms with Crippen molar-refractivity contribution in [2.45, 2.75) is 26.3 Å². The van der Waals surface area contributed by atoms with Gasteiger partial charge in [0, 0.05) is 25.4 Å². The highest BCUT2D eigenvalue weighted by Crippen LogP contribution is 2.06. The van der Waals surface area contributed by atoms with Gasteiger partial charge in [-0.15, -0.1) is 10.2 Å². The normalized spacial score (nSPS) is 10.5. The van der Waals surface area contributed by atoms with Crippen LogP contribution in [0.5, 0.6) is 0 Å². The van der Waals surface area contributed by atoms with Crippen LogP contribution >= 0.6 is 0 Å². The summed E-state index contributed by atoms with van der Waals surface area (Å²) < 4.78 is 2.10. The molecule has 0 unspecified atom stereocenters. The summed E-state index contributed by atoms with van der Waals surface area (Å²) in [7, 11) is 0. The first kappa shape index (κ1) is 9.83. The minimum atomic E-state index is 0.822. The average molecular weight is 202 g/mol. The molecule has 4 heteroatoms. The van der Waals surface area contributed by atoms with Crippen molar-refractivity contribution >= 4 is 0 Å². The zero-order valence-corrected chi connectivity index (χ0v) is 8.80. The number of rotatable bonds is 4. The van der Waals surface area contributed by atoms with E-state index in [1.807, 2.05) is 12.1 Å². The van der Waals surface area contributed by atoms with E-state index in [1.54, 1.807) is 18.7 Å². The number of aryl methyl sites for hydroxylation is 1. The van der Waals surface area contributed by atoms with Gasteiger partial charge in [-0.1, -0.05) is 6.92 Å². The molecule has 0 spiro atoms. The largest absolute Gasteiger partial charge is 0.317 e. The molecule has 0 radical (unpaired) electrons.